The zero-order valence-corrected chi connectivity index (χ0v) is 8.30. The average molecular weight is 226 g/mol. The van der Waals surface area contributed by atoms with Crippen molar-refractivity contribution in [3.05, 3.63) is 23.2 Å². The van der Waals surface area contributed by atoms with E-state index >= 15 is 0 Å². The van der Waals surface area contributed by atoms with Crippen LogP contribution in [0.2, 0.25) is 0 Å². The molecule has 16 heavy (non-hydrogen) atoms. The minimum absolute atomic E-state index is 0.00231. The summed E-state index contributed by atoms with van der Waals surface area (Å²) in [6.45, 7) is 0. The molecule has 0 aromatic carbocycles. The molecule has 0 atom stereocenters. The fourth-order valence-electron chi connectivity index (χ4n) is 1.36. The van der Waals surface area contributed by atoms with Gasteiger partial charge in [-0.1, -0.05) is 0 Å². The molecule has 2 N–H and O–H groups in total. The second-order valence-electron chi connectivity index (χ2n) is 3.19. The third-order valence-corrected chi connectivity index (χ3v) is 2.05. The summed E-state index contributed by atoms with van der Waals surface area (Å²) in [4.78, 5) is 31.5. The summed E-state index contributed by atoms with van der Waals surface area (Å²) in [5.74, 6) is -2.08. The Balaban J connectivity index is 2.91. The minimum Gasteiger partial charge on any atom is -0.481 e. The monoisotopic (exact) mass is 226 g/mol. The van der Waals surface area contributed by atoms with Crippen molar-refractivity contribution in [2.24, 2.45) is 0 Å². The Bertz CT molecular complexity index is 417. The van der Waals surface area contributed by atoms with Crippen LogP contribution < -0.4 is 0 Å². The van der Waals surface area contributed by atoms with E-state index in [1.165, 1.54) is 6.26 Å². The highest BCUT2D eigenvalue weighted by atomic mass is 16.4. The predicted octanol–water partition coefficient (Wildman–Crippen LogP) is 0.736. The third kappa shape index (κ3) is 2.94. The summed E-state index contributed by atoms with van der Waals surface area (Å²) >= 11 is 0. The van der Waals surface area contributed by atoms with Crippen molar-refractivity contribution in [3.8, 4) is 0 Å². The molecule has 1 rings (SSSR count). The molecule has 0 aliphatic carbocycles. The van der Waals surface area contributed by atoms with E-state index in [9.17, 15) is 14.4 Å². The minimum atomic E-state index is -1.06. The highest BCUT2D eigenvalue weighted by Gasteiger charge is 2.16. The molecule has 6 heteroatoms. The number of furan rings is 1. The maximum atomic E-state index is 10.6. The zero-order chi connectivity index (χ0) is 12.1. The van der Waals surface area contributed by atoms with Crippen LogP contribution in [0.1, 0.15) is 28.1 Å². The molecule has 0 bridgehead atoms. The predicted molar refractivity (Wildman–Crippen MR) is 51.4 cm³/mol. The fraction of sp³-hybridized carbons (Fsp3) is 0.300. The molecule has 1 heterocycles. The lowest BCUT2D eigenvalue weighted by molar-refractivity contribution is -0.137. The van der Waals surface area contributed by atoms with Crippen LogP contribution in [-0.2, 0) is 22.4 Å². The molecule has 6 nitrogen and oxygen atoms in total. The molecule has 1 aromatic heterocycles. The van der Waals surface area contributed by atoms with Crippen molar-refractivity contribution in [1.29, 1.82) is 0 Å². The maximum absolute atomic E-state index is 10.6. The molecule has 0 fully saturated rings. The lowest BCUT2D eigenvalue weighted by Gasteiger charge is -1.99. The lowest BCUT2D eigenvalue weighted by Crippen LogP contribution is -2.05. The van der Waals surface area contributed by atoms with Crippen LogP contribution in [0.3, 0.4) is 0 Å². The average Bonchev–Trinajstić information content (AvgIpc) is 2.56. The second kappa shape index (κ2) is 5.11. The van der Waals surface area contributed by atoms with Crippen LogP contribution in [0.15, 0.2) is 10.7 Å². The van der Waals surface area contributed by atoms with E-state index in [4.69, 9.17) is 14.6 Å². The first-order valence-corrected chi connectivity index (χ1v) is 4.52. The Morgan fingerprint density at radius 1 is 1.31 bits per heavy atom. The first-order valence-electron chi connectivity index (χ1n) is 4.52. The van der Waals surface area contributed by atoms with Crippen LogP contribution in [-0.4, -0.2) is 28.4 Å². The molecule has 0 saturated heterocycles. The van der Waals surface area contributed by atoms with Gasteiger partial charge >= 0.3 is 11.9 Å². The number of aldehydes is 1. The van der Waals surface area contributed by atoms with Crippen LogP contribution in [0.25, 0.3) is 0 Å². The number of carboxylic acids is 2. The van der Waals surface area contributed by atoms with Gasteiger partial charge in [0.15, 0.2) is 12.0 Å². The van der Waals surface area contributed by atoms with E-state index < -0.39 is 11.9 Å². The van der Waals surface area contributed by atoms with Crippen LogP contribution in [0.5, 0.6) is 0 Å². The fourth-order valence-corrected chi connectivity index (χ4v) is 1.36. The molecule has 86 valence electrons. The highest BCUT2D eigenvalue weighted by Crippen LogP contribution is 2.18. The molecule has 0 amide bonds. The molecular formula is C10H10O6. The number of aliphatic carboxylic acids is 2. The number of hydrogen-bond acceptors (Lipinski definition) is 4. The van der Waals surface area contributed by atoms with Gasteiger partial charge in [0.25, 0.3) is 0 Å². The summed E-state index contributed by atoms with van der Waals surface area (Å²) in [7, 11) is 0. The van der Waals surface area contributed by atoms with Gasteiger partial charge in [-0.3, -0.25) is 14.4 Å². The molecule has 0 saturated carbocycles. The number of carbonyl (C=O) groups is 3. The van der Waals surface area contributed by atoms with E-state index in [-0.39, 0.29) is 25.0 Å². The third-order valence-electron chi connectivity index (χ3n) is 2.05. The van der Waals surface area contributed by atoms with Gasteiger partial charge in [0.05, 0.1) is 12.7 Å². The van der Waals surface area contributed by atoms with Gasteiger partial charge in [0.1, 0.15) is 0 Å². The smallest absolute Gasteiger partial charge is 0.307 e. The number of carbonyl (C=O) groups excluding carboxylic acids is 1. The number of carboxylic acid groups (broad SMARTS) is 2. The highest BCUT2D eigenvalue weighted by molar-refractivity contribution is 5.77. The Hall–Kier alpha value is -2.11. The summed E-state index contributed by atoms with van der Waals surface area (Å²) in [5.41, 5.74) is 0.704. The molecule has 0 spiro atoms. The summed E-state index contributed by atoms with van der Waals surface area (Å²) < 4.78 is 4.85. The van der Waals surface area contributed by atoms with Crippen molar-refractivity contribution in [1.82, 2.24) is 0 Å². The van der Waals surface area contributed by atoms with Crippen molar-refractivity contribution < 1.29 is 29.0 Å². The molecule has 1 aromatic rings. The van der Waals surface area contributed by atoms with Gasteiger partial charge in [-0.2, -0.15) is 0 Å². The summed E-state index contributed by atoms with van der Waals surface area (Å²) in [6.07, 6.45) is 1.25. The van der Waals surface area contributed by atoms with E-state index in [2.05, 4.69) is 0 Å². The van der Waals surface area contributed by atoms with E-state index in [0.717, 1.165) is 0 Å². The van der Waals surface area contributed by atoms with Gasteiger partial charge < -0.3 is 14.6 Å². The quantitative estimate of drug-likeness (QED) is 0.693. The molecule has 0 radical (unpaired) electrons. The topological polar surface area (TPSA) is 105 Å². The normalized spacial score (nSPS) is 10.0. The zero-order valence-electron chi connectivity index (χ0n) is 8.30. The first-order chi connectivity index (χ1) is 7.54. The maximum Gasteiger partial charge on any atom is 0.307 e. The SMILES string of the molecule is O=Cc1occ(CC(=O)O)c1CCC(=O)O. The van der Waals surface area contributed by atoms with E-state index in [1.54, 1.807) is 0 Å². The van der Waals surface area contributed by atoms with Gasteiger partial charge in [-0.05, 0) is 6.42 Å². The van der Waals surface area contributed by atoms with Gasteiger partial charge in [0, 0.05) is 17.5 Å². The van der Waals surface area contributed by atoms with Crippen LogP contribution in [0, 0.1) is 0 Å². The van der Waals surface area contributed by atoms with Crippen molar-refractivity contribution in [2.75, 3.05) is 0 Å². The van der Waals surface area contributed by atoms with E-state index in [1.807, 2.05) is 0 Å². The van der Waals surface area contributed by atoms with Crippen LogP contribution >= 0.6 is 0 Å². The van der Waals surface area contributed by atoms with Gasteiger partial charge in [0.2, 0.25) is 0 Å². The Morgan fingerprint density at radius 3 is 2.50 bits per heavy atom. The molecular weight excluding hydrogens is 216 g/mol. The molecule has 0 unspecified atom stereocenters. The number of rotatable bonds is 6. The van der Waals surface area contributed by atoms with Gasteiger partial charge in [-0.15, -0.1) is 0 Å². The molecule has 0 aliphatic heterocycles. The van der Waals surface area contributed by atoms with Crippen molar-refractivity contribution in [2.45, 2.75) is 19.3 Å². The molecule has 0 aliphatic rings. The standard InChI is InChI=1S/C10H10O6/c11-4-8-7(1-2-9(12)13)6(5-16-8)3-10(14)15/h4-5H,1-3H2,(H,12,13)(H,14,15). The van der Waals surface area contributed by atoms with E-state index in [0.29, 0.717) is 17.4 Å². The van der Waals surface area contributed by atoms with Crippen LogP contribution in [0.4, 0.5) is 0 Å². The van der Waals surface area contributed by atoms with Crippen molar-refractivity contribution >= 4 is 18.2 Å². The summed E-state index contributed by atoms with van der Waals surface area (Å²) in [5, 5.41) is 17.1. The Labute approximate surface area is 90.5 Å². The lowest BCUT2D eigenvalue weighted by atomic mass is 10.0. The largest absolute Gasteiger partial charge is 0.481 e. The Morgan fingerprint density at radius 2 is 2.00 bits per heavy atom. The summed E-state index contributed by atoms with van der Waals surface area (Å²) in [6, 6.07) is 0. The van der Waals surface area contributed by atoms with Crippen molar-refractivity contribution in [3.63, 3.8) is 0 Å². The second-order valence-corrected chi connectivity index (χ2v) is 3.19. The van der Waals surface area contributed by atoms with Gasteiger partial charge in [-0.25, -0.2) is 0 Å². The Kier molecular flexibility index (Phi) is 3.82. The number of hydrogen-bond donors (Lipinski definition) is 2. The first kappa shape index (κ1) is 12.0.